The first-order valence-corrected chi connectivity index (χ1v) is 18.0. The van der Waals surface area contributed by atoms with E-state index in [1.54, 1.807) is 0 Å². The summed E-state index contributed by atoms with van der Waals surface area (Å²) < 4.78 is 6.88. The van der Waals surface area contributed by atoms with Crippen molar-refractivity contribution in [3.8, 4) is 5.75 Å². The zero-order valence-corrected chi connectivity index (χ0v) is 30.4. The van der Waals surface area contributed by atoms with Gasteiger partial charge < -0.3 is 4.74 Å². The van der Waals surface area contributed by atoms with Crippen molar-refractivity contribution in [2.24, 2.45) is 0 Å². The molecular formula is C44H52NOP. The van der Waals surface area contributed by atoms with Gasteiger partial charge in [0.2, 0.25) is 0 Å². The van der Waals surface area contributed by atoms with Crippen molar-refractivity contribution in [1.82, 2.24) is 4.90 Å². The highest BCUT2D eigenvalue weighted by molar-refractivity contribution is 7.48. The number of rotatable bonds is 13. The Balaban J connectivity index is 1.53. The Morgan fingerprint density at radius 1 is 0.617 bits per heavy atom. The Labute approximate surface area is 286 Å². The van der Waals surface area contributed by atoms with Gasteiger partial charge in [0, 0.05) is 35.9 Å². The average molecular weight is 642 g/mol. The molecule has 0 radical (unpaired) electrons. The van der Waals surface area contributed by atoms with Crippen molar-refractivity contribution in [3.63, 3.8) is 0 Å². The summed E-state index contributed by atoms with van der Waals surface area (Å²) in [4.78, 5) is 2.59. The standard InChI is InChI=1S/C44H52NOP/c1-8-44(7,40-28-33(2)27-39(43(4,5)6)41(40)46-32-37-24-16-11-17-25-37)47-42-34(3)19-18-26-38(42)31-45(29-35-20-12-9-13-21-35)30-36-22-14-10-15-23-36/h9-28,47H,8,29-32H2,1-7H3. The molecule has 0 N–H and O–H groups in total. The largest absolute Gasteiger partial charge is 0.488 e. The normalized spacial score (nSPS) is 13.3. The van der Waals surface area contributed by atoms with Crippen molar-refractivity contribution in [2.45, 2.75) is 91.7 Å². The lowest BCUT2D eigenvalue weighted by molar-refractivity contribution is 0.248. The minimum atomic E-state index is -0.0946. The van der Waals surface area contributed by atoms with Crippen molar-refractivity contribution >= 4 is 13.9 Å². The monoisotopic (exact) mass is 641 g/mol. The second-order valence-corrected chi connectivity index (χ2v) is 16.1. The molecule has 0 amide bonds. The molecule has 0 aliphatic carbocycles. The van der Waals surface area contributed by atoms with E-state index < -0.39 is 0 Å². The molecule has 0 aromatic heterocycles. The predicted octanol–water partition coefficient (Wildman–Crippen LogP) is 11.0. The van der Waals surface area contributed by atoms with E-state index in [0.29, 0.717) is 15.2 Å². The SMILES string of the molecule is CCC(C)(Pc1c(C)cccc1CN(Cc1ccccc1)Cc1ccccc1)c1cc(C)cc(C(C)(C)C)c1OCc1ccccc1. The molecule has 5 aromatic rings. The highest BCUT2D eigenvalue weighted by Crippen LogP contribution is 2.51. The molecule has 0 saturated heterocycles. The third-order valence-corrected chi connectivity index (χ3v) is 11.4. The fourth-order valence-electron chi connectivity index (χ4n) is 6.38. The topological polar surface area (TPSA) is 12.5 Å². The van der Waals surface area contributed by atoms with Gasteiger partial charge in [-0.2, -0.15) is 0 Å². The fraction of sp³-hybridized carbons (Fsp3) is 0.318. The summed E-state index contributed by atoms with van der Waals surface area (Å²) in [5.74, 6) is 1.06. The molecular weight excluding hydrogens is 589 g/mol. The number of hydrogen-bond acceptors (Lipinski definition) is 2. The quantitative estimate of drug-likeness (QED) is 0.119. The lowest BCUT2D eigenvalue weighted by Crippen LogP contribution is -2.28. The van der Waals surface area contributed by atoms with Crippen LogP contribution in [0.3, 0.4) is 0 Å². The second kappa shape index (κ2) is 15.5. The molecule has 2 unspecified atom stereocenters. The molecule has 0 bridgehead atoms. The first-order valence-electron chi connectivity index (χ1n) is 17.0. The van der Waals surface area contributed by atoms with E-state index in [-0.39, 0.29) is 10.6 Å². The number of hydrogen-bond donors (Lipinski definition) is 0. The Kier molecular flexibility index (Phi) is 11.4. The molecule has 47 heavy (non-hydrogen) atoms. The number of benzene rings is 5. The molecule has 0 aliphatic heterocycles. The molecule has 0 saturated carbocycles. The summed E-state index contributed by atoms with van der Waals surface area (Å²) in [7, 11) is 0.596. The minimum absolute atomic E-state index is 0.0479. The van der Waals surface area contributed by atoms with Crippen LogP contribution in [0.5, 0.6) is 5.75 Å². The van der Waals surface area contributed by atoms with E-state index in [1.165, 1.54) is 49.8 Å². The molecule has 0 fully saturated rings. The fourth-order valence-corrected chi connectivity index (χ4v) is 8.03. The van der Waals surface area contributed by atoms with Crippen LogP contribution in [-0.2, 0) is 36.8 Å². The van der Waals surface area contributed by atoms with E-state index in [1.807, 2.05) is 0 Å². The van der Waals surface area contributed by atoms with Crippen LogP contribution in [0.4, 0.5) is 0 Å². The zero-order valence-electron chi connectivity index (χ0n) is 29.4. The highest BCUT2D eigenvalue weighted by atomic mass is 31.1. The number of nitrogens with zero attached hydrogens (tertiary/aromatic N) is 1. The Morgan fingerprint density at radius 3 is 1.68 bits per heavy atom. The molecule has 2 nitrogen and oxygen atoms in total. The van der Waals surface area contributed by atoms with Gasteiger partial charge in [-0.1, -0.05) is 170 Å². The van der Waals surface area contributed by atoms with E-state index in [2.05, 4.69) is 175 Å². The third-order valence-electron chi connectivity index (χ3n) is 9.22. The van der Waals surface area contributed by atoms with Gasteiger partial charge in [-0.3, -0.25) is 4.90 Å². The maximum atomic E-state index is 6.88. The zero-order chi connectivity index (χ0) is 33.4. The molecule has 0 spiro atoms. The van der Waals surface area contributed by atoms with Gasteiger partial charge in [0.1, 0.15) is 12.4 Å². The van der Waals surface area contributed by atoms with Gasteiger partial charge in [-0.25, -0.2) is 0 Å². The van der Waals surface area contributed by atoms with Gasteiger partial charge in [-0.05, 0) is 58.8 Å². The summed E-state index contributed by atoms with van der Waals surface area (Å²) in [5.41, 5.74) is 10.5. The van der Waals surface area contributed by atoms with Crippen LogP contribution in [0, 0.1) is 13.8 Å². The van der Waals surface area contributed by atoms with Crippen molar-refractivity contribution < 1.29 is 4.74 Å². The smallest absolute Gasteiger partial charge is 0.127 e. The van der Waals surface area contributed by atoms with E-state index >= 15 is 0 Å². The van der Waals surface area contributed by atoms with Crippen LogP contribution >= 0.6 is 8.58 Å². The third kappa shape index (κ3) is 9.01. The first-order chi connectivity index (χ1) is 22.6. The van der Waals surface area contributed by atoms with Crippen molar-refractivity contribution in [2.75, 3.05) is 0 Å². The van der Waals surface area contributed by atoms with Gasteiger partial charge in [-0.15, -0.1) is 0 Å². The van der Waals surface area contributed by atoms with E-state index in [0.717, 1.165) is 31.8 Å². The van der Waals surface area contributed by atoms with Gasteiger partial charge in [0.25, 0.3) is 0 Å². The predicted molar refractivity (Wildman–Crippen MR) is 203 cm³/mol. The Bertz CT molecular complexity index is 1690. The van der Waals surface area contributed by atoms with E-state index in [4.69, 9.17) is 4.74 Å². The van der Waals surface area contributed by atoms with Crippen LogP contribution in [0.1, 0.15) is 85.5 Å². The van der Waals surface area contributed by atoms with Crippen LogP contribution in [0.2, 0.25) is 0 Å². The van der Waals surface area contributed by atoms with Crippen molar-refractivity contribution in [1.29, 1.82) is 0 Å². The molecule has 244 valence electrons. The molecule has 0 heterocycles. The number of aryl methyl sites for hydroxylation is 2. The van der Waals surface area contributed by atoms with Crippen LogP contribution in [0.15, 0.2) is 121 Å². The minimum Gasteiger partial charge on any atom is -0.488 e. The van der Waals surface area contributed by atoms with Crippen LogP contribution < -0.4 is 10.0 Å². The number of ether oxygens (including phenoxy) is 1. The maximum absolute atomic E-state index is 6.88. The lowest BCUT2D eigenvalue weighted by Gasteiger charge is -2.36. The molecule has 0 aliphatic rings. The molecule has 2 atom stereocenters. The molecule has 3 heteroatoms. The molecule has 5 rings (SSSR count). The lowest BCUT2D eigenvalue weighted by atomic mass is 9.81. The summed E-state index contributed by atoms with van der Waals surface area (Å²) in [6.07, 6.45) is 1.02. The Hall–Kier alpha value is -3.71. The van der Waals surface area contributed by atoms with Gasteiger partial charge in [0.15, 0.2) is 0 Å². The summed E-state index contributed by atoms with van der Waals surface area (Å²) >= 11 is 0. The van der Waals surface area contributed by atoms with Gasteiger partial charge >= 0.3 is 0 Å². The van der Waals surface area contributed by atoms with Crippen LogP contribution in [0.25, 0.3) is 0 Å². The molecule has 5 aromatic carbocycles. The average Bonchev–Trinajstić information content (AvgIpc) is 3.06. The maximum Gasteiger partial charge on any atom is 0.127 e. The summed E-state index contributed by atoms with van der Waals surface area (Å²) in [6.45, 7) is 19.5. The Morgan fingerprint density at radius 2 is 1.15 bits per heavy atom. The summed E-state index contributed by atoms with van der Waals surface area (Å²) in [6, 6.07) is 44.0. The first kappa shape index (κ1) is 34.6. The summed E-state index contributed by atoms with van der Waals surface area (Å²) in [5, 5.41) is 1.39. The second-order valence-electron chi connectivity index (χ2n) is 14.2. The van der Waals surface area contributed by atoms with Gasteiger partial charge in [0.05, 0.1) is 0 Å². The highest BCUT2D eigenvalue weighted by Gasteiger charge is 2.34. The van der Waals surface area contributed by atoms with Crippen LogP contribution in [-0.4, -0.2) is 4.90 Å². The van der Waals surface area contributed by atoms with E-state index in [9.17, 15) is 0 Å². The van der Waals surface area contributed by atoms with Crippen molar-refractivity contribution in [3.05, 3.63) is 166 Å².